The van der Waals surface area contributed by atoms with Crippen molar-refractivity contribution >= 4 is 15.9 Å². The molecule has 2 rings (SSSR count). The van der Waals surface area contributed by atoms with Crippen molar-refractivity contribution in [2.24, 2.45) is 0 Å². The third-order valence-electron chi connectivity index (χ3n) is 2.85. The van der Waals surface area contributed by atoms with E-state index in [0.717, 1.165) is 21.3 Å². The maximum Gasteiger partial charge on any atom is 0.226 e. The van der Waals surface area contributed by atoms with E-state index < -0.39 is 0 Å². The first-order valence-electron chi connectivity index (χ1n) is 5.37. The lowest BCUT2D eigenvalue weighted by Crippen LogP contribution is -1.88. The summed E-state index contributed by atoms with van der Waals surface area (Å²) >= 11 is 3.55. The Morgan fingerprint density at radius 2 is 2.00 bits per heavy atom. The highest BCUT2D eigenvalue weighted by Gasteiger charge is 2.14. The molecule has 0 saturated carbocycles. The van der Waals surface area contributed by atoms with E-state index >= 15 is 0 Å². The van der Waals surface area contributed by atoms with Gasteiger partial charge < -0.3 is 9.52 Å². The molecule has 0 radical (unpaired) electrons. The number of aliphatic hydroxyl groups excluding tert-OH is 1. The van der Waals surface area contributed by atoms with Crippen molar-refractivity contribution in [2.45, 2.75) is 27.4 Å². The molecule has 0 spiro atoms. The van der Waals surface area contributed by atoms with Crippen LogP contribution < -0.4 is 0 Å². The van der Waals surface area contributed by atoms with Gasteiger partial charge in [0.1, 0.15) is 6.61 Å². The second-order valence-corrected chi connectivity index (χ2v) is 4.85. The summed E-state index contributed by atoms with van der Waals surface area (Å²) in [5, 5.41) is 9.10. The predicted molar refractivity (Wildman–Crippen MR) is 69.8 cm³/mol. The number of hydrogen-bond acceptors (Lipinski definition) is 3. The van der Waals surface area contributed by atoms with E-state index in [1.54, 1.807) is 0 Å². The van der Waals surface area contributed by atoms with Crippen molar-refractivity contribution < 1.29 is 9.52 Å². The van der Waals surface area contributed by atoms with Crippen LogP contribution in [0.1, 0.15) is 22.6 Å². The molecule has 0 aliphatic heterocycles. The van der Waals surface area contributed by atoms with Crippen LogP contribution >= 0.6 is 15.9 Å². The second kappa shape index (κ2) is 4.63. The molecule has 0 amide bonds. The van der Waals surface area contributed by atoms with E-state index in [1.807, 2.05) is 32.9 Å². The Morgan fingerprint density at radius 1 is 1.29 bits per heavy atom. The second-order valence-electron chi connectivity index (χ2n) is 4.05. The van der Waals surface area contributed by atoms with E-state index in [9.17, 15) is 0 Å². The van der Waals surface area contributed by atoms with Gasteiger partial charge in [-0.2, -0.15) is 0 Å². The highest BCUT2D eigenvalue weighted by Crippen LogP contribution is 2.31. The van der Waals surface area contributed by atoms with Crippen LogP contribution in [0.5, 0.6) is 0 Å². The topological polar surface area (TPSA) is 46.3 Å². The van der Waals surface area contributed by atoms with Gasteiger partial charge in [0, 0.05) is 10.0 Å². The molecule has 0 fully saturated rings. The van der Waals surface area contributed by atoms with Crippen LogP contribution in [0.2, 0.25) is 0 Å². The molecular formula is C13H14BrNO2. The van der Waals surface area contributed by atoms with E-state index in [1.165, 1.54) is 5.56 Å². The molecule has 1 heterocycles. The van der Waals surface area contributed by atoms with E-state index in [0.29, 0.717) is 11.7 Å². The normalized spacial score (nSPS) is 10.9. The average molecular weight is 296 g/mol. The van der Waals surface area contributed by atoms with E-state index in [4.69, 9.17) is 9.52 Å². The van der Waals surface area contributed by atoms with Gasteiger partial charge in [-0.3, -0.25) is 0 Å². The zero-order valence-corrected chi connectivity index (χ0v) is 11.6. The Kier molecular flexibility index (Phi) is 3.35. The Bertz CT molecular complexity index is 561. The summed E-state index contributed by atoms with van der Waals surface area (Å²) in [6.45, 7) is 5.77. The molecule has 90 valence electrons. The highest BCUT2D eigenvalue weighted by atomic mass is 79.9. The monoisotopic (exact) mass is 295 g/mol. The number of aryl methyl sites for hydroxylation is 2. The summed E-state index contributed by atoms with van der Waals surface area (Å²) in [4.78, 5) is 4.34. The Balaban J connectivity index is 2.57. The smallest absolute Gasteiger partial charge is 0.226 e. The molecule has 0 saturated heterocycles. The van der Waals surface area contributed by atoms with Gasteiger partial charge in [-0.15, -0.1) is 0 Å². The Morgan fingerprint density at radius 3 is 2.59 bits per heavy atom. The molecular weight excluding hydrogens is 282 g/mol. The number of rotatable bonds is 2. The maximum absolute atomic E-state index is 9.10. The van der Waals surface area contributed by atoms with Crippen LogP contribution in [0.25, 0.3) is 11.5 Å². The third-order valence-corrected chi connectivity index (χ3v) is 4.07. The van der Waals surface area contributed by atoms with Gasteiger partial charge in [0.15, 0.2) is 5.76 Å². The first-order valence-corrected chi connectivity index (χ1v) is 6.17. The summed E-state index contributed by atoms with van der Waals surface area (Å²) in [6.07, 6.45) is 0. The molecule has 0 atom stereocenters. The number of aromatic nitrogens is 1. The number of oxazole rings is 1. The molecule has 0 aliphatic rings. The summed E-state index contributed by atoms with van der Waals surface area (Å²) < 4.78 is 6.61. The van der Waals surface area contributed by atoms with E-state index in [-0.39, 0.29) is 6.61 Å². The van der Waals surface area contributed by atoms with Crippen molar-refractivity contribution in [3.63, 3.8) is 0 Å². The van der Waals surface area contributed by atoms with Gasteiger partial charge in [-0.1, -0.05) is 22.0 Å². The Labute approximate surface area is 109 Å². The first-order chi connectivity index (χ1) is 8.04. The Hall–Kier alpha value is -1.13. The van der Waals surface area contributed by atoms with Crippen LogP contribution in [0.15, 0.2) is 21.0 Å². The molecule has 1 N–H and O–H groups in total. The lowest BCUT2D eigenvalue weighted by molar-refractivity contribution is 0.247. The van der Waals surface area contributed by atoms with Gasteiger partial charge in [-0.05, 0) is 38.0 Å². The molecule has 3 nitrogen and oxygen atoms in total. The van der Waals surface area contributed by atoms with Crippen molar-refractivity contribution in [1.29, 1.82) is 0 Å². The van der Waals surface area contributed by atoms with Crippen LogP contribution in [-0.4, -0.2) is 10.1 Å². The summed E-state index contributed by atoms with van der Waals surface area (Å²) in [5.74, 6) is 1.08. The maximum atomic E-state index is 9.10. The fourth-order valence-corrected chi connectivity index (χ4v) is 2.09. The molecule has 1 aromatic heterocycles. The summed E-state index contributed by atoms with van der Waals surface area (Å²) in [7, 11) is 0. The van der Waals surface area contributed by atoms with Gasteiger partial charge in [-0.25, -0.2) is 4.98 Å². The number of hydrogen-bond donors (Lipinski definition) is 1. The lowest BCUT2D eigenvalue weighted by Gasteiger charge is -2.06. The van der Waals surface area contributed by atoms with Crippen LogP contribution in [0.4, 0.5) is 0 Å². The number of aliphatic hydroxyl groups is 1. The van der Waals surface area contributed by atoms with Gasteiger partial charge in [0.2, 0.25) is 5.89 Å². The molecule has 0 bridgehead atoms. The molecule has 17 heavy (non-hydrogen) atoms. The highest BCUT2D eigenvalue weighted by molar-refractivity contribution is 9.10. The third kappa shape index (κ3) is 2.15. The number of nitrogens with zero attached hydrogens (tertiary/aromatic N) is 1. The van der Waals surface area contributed by atoms with Crippen molar-refractivity contribution in [3.8, 4) is 11.5 Å². The van der Waals surface area contributed by atoms with Crippen molar-refractivity contribution in [3.05, 3.63) is 39.2 Å². The molecule has 0 unspecified atom stereocenters. The molecule has 1 aromatic carbocycles. The largest absolute Gasteiger partial charge is 0.438 e. The molecule has 2 aromatic rings. The van der Waals surface area contributed by atoms with Crippen LogP contribution in [0, 0.1) is 20.8 Å². The van der Waals surface area contributed by atoms with Crippen molar-refractivity contribution in [1.82, 2.24) is 4.98 Å². The molecule has 4 heteroatoms. The van der Waals surface area contributed by atoms with Crippen molar-refractivity contribution in [2.75, 3.05) is 0 Å². The fourth-order valence-electron chi connectivity index (χ4n) is 1.74. The number of benzene rings is 1. The number of halogens is 1. The first kappa shape index (κ1) is 12.3. The minimum Gasteiger partial charge on any atom is -0.438 e. The zero-order valence-electron chi connectivity index (χ0n) is 10.0. The fraction of sp³-hybridized carbons (Fsp3) is 0.308. The van der Waals surface area contributed by atoms with Gasteiger partial charge in [0.05, 0.1) is 5.69 Å². The lowest BCUT2D eigenvalue weighted by atomic mass is 10.1. The average Bonchev–Trinajstić information content (AvgIpc) is 2.67. The van der Waals surface area contributed by atoms with Gasteiger partial charge >= 0.3 is 0 Å². The zero-order chi connectivity index (χ0) is 12.6. The minimum atomic E-state index is -0.120. The quantitative estimate of drug-likeness (QED) is 0.922. The summed E-state index contributed by atoms with van der Waals surface area (Å²) in [5.41, 5.74) is 3.96. The standard InChI is InChI=1S/C13H14BrNO2/c1-7-4-5-10(8(2)12(7)14)13-15-9(3)11(6-16)17-13/h4-5,16H,6H2,1-3H3. The predicted octanol–water partition coefficient (Wildman–Crippen LogP) is 3.52. The van der Waals surface area contributed by atoms with E-state index in [2.05, 4.69) is 20.9 Å². The molecule has 0 aliphatic carbocycles. The summed E-state index contributed by atoms with van der Waals surface area (Å²) in [6, 6.07) is 4.01. The van der Waals surface area contributed by atoms with Gasteiger partial charge in [0.25, 0.3) is 0 Å². The SMILES string of the molecule is Cc1ccc(-c2nc(C)c(CO)o2)c(C)c1Br. The minimum absolute atomic E-state index is 0.120. The van der Waals surface area contributed by atoms with Crippen LogP contribution in [-0.2, 0) is 6.61 Å². The van der Waals surface area contributed by atoms with Crippen LogP contribution in [0.3, 0.4) is 0 Å².